The number of piperidine rings is 1. The molecule has 6 nitrogen and oxygen atoms in total. The maximum atomic E-state index is 13.0. The number of anilines is 1. The number of nitrogens with zero attached hydrogens (tertiary/aromatic N) is 3. The van der Waals surface area contributed by atoms with Crippen molar-refractivity contribution in [2.24, 2.45) is 0 Å². The summed E-state index contributed by atoms with van der Waals surface area (Å²) in [4.78, 5) is 19.1. The molecule has 4 rings (SSSR count). The molecule has 28 heavy (non-hydrogen) atoms. The number of carbonyl (C=O) groups is 1. The first-order chi connectivity index (χ1) is 13.7. The maximum Gasteiger partial charge on any atom is 0.238 e. The summed E-state index contributed by atoms with van der Waals surface area (Å²) < 4.78 is 13.0. The minimum absolute atomic E-state index is 0.0881. The van der Waals surface area contributed by atoms with E-state index in [2.05, 4.69) is 37.5 Å². The lowest BCUT2D eigenvalue weighted by Gasteiger charge is -2.32. The summed E-state index contributed by atoms with van der Waals surface area (Å²) in [7, 11) is 0. The third-order valence-electron chi connectivity index (χ3n) is 5.02. The molecule has 0 bridgehead atoms. The van der Waals surface area contributed by atoms with Gasteiger partial charge in [-0.05, 0) is 61.9 Å². The Morgan fingerprint density at radius 3 is 2.79 bits per heavy atom. The van der Waals surface area contributed by atoms with Crippen LogP contribution < -0.4 is 5.32 Å². The molecule has 3 aromatic rings. The number of aromatic amines is 1. The third kappa shape index (κ3) is 4.43. The molecule has 1 aliphatic rings. The Balaban J connectivity index is 1.35. The van der Waals surface area contributed by atoms with E-state index in [0.717, 1.165) is 42.9 Å². The first-order valence-electron chi connectivity index (χ1n) is 9.41. The molecule has 1 aliphatic heterocycles. The number of pyridine rings is 1. The van der Waals surface area contributed by atoms with Gasteiger partial charge in [-0.3, -0.25) is 19.8 Å². The molecule has 0 saturated carbocycles. The van der Waals surface area contributed by atoms with Crippen molar-refractivity contribution >= 4 is 11.6 Å². The molecule has 1 saturated heterocycles. The van der Waals surface area contributed by atoms with E-state index < -0.39 is 0 Å². The lowest BCUT2D eigenvalue weighted by atomic mass is 9.94. The summed E-state index contributed by atoms with van der Waals surface area (Å²) in [6, 6.07) is 11.8. The fourth-order valence-corrected chi connectivity index (χ4v) is 3.60. The quantitative estimate of drug-likeness (QED) is 0.712. The lowest BCUT2D eigenvalue weighted by Crippen LogP contribution is -2.40. The number of amides is 1. The molecule has 144 valence electrons. The summed E-state index contributed by atoms with van der Waals surface area (Å²) in [5, 5.41) is 9.73. The zero-order valence-corrected chi connectivity index (χ0v) is 15.4. The Hall–Kier alpha value is -3.06. The predicted octanol–water partition coefficient (Wildman–Crippen LogP) is 3.43. The van der Waals surface area contributed by atoms with Gasteiger partial charge in [-0.15, -0.1) is 0 Å². The average molecular weight is 379 g/mol. The summed E-state index contributed by atoms with van der Waals surface area (Å²) >= 11 is 0. The SMILES string of the molecule is O=C(CN1CCC[C@H](c2ccc(-c3ccn[nH]3)cn2)C1)Nc1ccc(F)cc1. The van der Waals surface area contributed by atoms with Gasteiger partial charge in [-0.2, -0.15) is 5.10 Å². The minimum Gasteiger partial charge on any atom is -0.325 e. The molecule has 7 heteroatoms. The number of benzene rings is 1. The van der Waals surface area contributed by atoms with Crippen LogP contribution in [0, 0.1) is 5.82 Å². The Labute approximate surface area is 162 Å². The number of nitrogens with one attached hydrogen (secondary N) is 2. The summed E-state index contributed by atoms with van der Waals surface area (Å²) in [5.74, 6) is -0.0964. The van der Waals surface area contributed by atoms with Crippen LogP contribution in [0.3, 0.4) is 0 Å². The molecular formula is C21H22FN5O. The molecule has 1 atom stereocenters. The van der Waals surface area contributed by atoms with Gasteiger partial charge in [0.1, 0.15) is 5.82 Å². The molecule has 1 fully saturated rings. The van der Waals surface area contributed by atoms with Crippen LogP contribution in [0.4, 0.5) is 10.1 Å². The van der Waals surface area contributed by atoms with Crippen LogP contribution in [0.1, 0.15) is 24.5 Å². The van der Waals surface area contributed by atoms with E-state index in [0.29, 0.717) is 18.2 Å². The molecule has 2 aromatic heterocycles. The van der Waals surface area contributed by atoms with E-state index in [4.69, 9.17) is 0 Å². The maximum absolute atomic E-state index is 13.0. The predicted molar refractivity (Wildman–Crippen MR) is 105 cm³/mol. The van der Waals surface area contributed by atoms with Crippen molar-refractivity contribution in [2.75, 3.05) is 25.0 Å². The van der Waals surface area contributed by atoms with Crippen LogP contribution in [-0.2, 0) is 4.79 Å². The van der Waals surface area contributed by atoms with Crippen molar-refractivity contribution in [3.05, 3.63) is 66.4 Å². The topological polar surface area (TPSA) is 73.9 Å². The van der Waals surface area contributed by atoms with E-state index >= 15 is 0 Å². The van der Waals surface area contributed by atoms with Gasteiger partial charge < -0.3 is 5.32 Å². The van der Waals surface area contributed by atoms with Crippen molar-refractivity contribution in [3.63, 3.8) is 0 Å². The summed E-state index contributed by atoms with van der Waals surface area (Å²) in [6.45, 7) is 2.01. The lowest BCUT2D eigenvalue weighted by molar-refractivity contribution is -0.117. The number of hydrogen-bond acceptors (Lipinski definition) is 4. The normalized spacial score (nSPS) is 17.4. The molecular weight excluding hydrogens is 357 g/mol. The Kier molecular flexibility index (Phi) is 5.43. The number of hydrogen-bond donors (Lipinski definition) is 2. The molecule has 1 amide bonds. The van der Waals surface area contributed by atoms with Crippen LogP contribution in [0.15, 0.2) is 54.9 Å². The monoisotopic (exact) mass is 379 g/mol. The van der Waals surface area contributed by atoms with Crippen molar-refractivity contribution in [1.82, 2.24) is 20.1 Å². The number of rotatable bonds is 5. The zero-order chi connectivity index (χ0) is 19.3. The van der Waals surface area contributed by atoms with Crippen LogP contribution >= 0.6 is 0 Å². The van der Waals surface area contributed by atoms with E-state index in [1.807, 2.05) is 12.3 Å². The molecule has 2 N–H and O–H groups in total. The second-order valence-electron chi connectivity index (χ2n) is 7.07. The average Bonchev–Trinajstić information content (AvgIpc) is 3.25. The van der Waals surface area contributed by atoms with Gasteiger partial charge in [0.2, 0.25) is 5.91 Å². The second kappa shape index (κ2) is 8.31. The Morgan fingerprint density at radius 1 is 1.21 bits per heavy atom. The first-order valence-corrected chi connectivity index (χ1v) is 9.41. The summed E-state index contributed by atoms with van der Waals surface area (Å²) in [5.41, 5.74) is 3.61. The number of aromatic nitrogens is 3. The zero-order valence-electron chi connectivity index (χ0n) is 15.4. The van der Waals surface area contributed by atoms with Crippen LogP contribution in [0.5, 0.6) is 0 Å². The highest BCUT2D eigenvalue weighted by molar-refractivity contribution is 5.92. The van der Waals surface area contributed by atoms with Crippen molar-refractivity contribution in [3.8, 4) is 11.3 Å². The van der Waals surface area contributed by atoms with E-state index in [1.54, 1.807) is 18.3 Å². The van der Waals surface area contributed by atoms with Gasteiger partial charge in [-0.1, -0.05) is 0 Å². The number of halogens is 1. The standard InChI is InChI=1S/C21H22FN5O/c22-17-4-6-18(7-5-17)25-21(28)14-27-11-1-2-16(13-27)19-8-3-15(12-23-19)20-9-10-24-26-20/h3-10,12,16H,1-2,11,13-14H2,(H,24,26)(H,25,28)/t16-/m0/s1. The fourth-order valence-electron chi connectivity index (χ4n) is 3.60. The second-order valence-corrected chi connectivity index (χ2v) is 7.07. The van der Waals surface area contributed by atoms with E-state index in [9.17, 15) is 9.18 Å². The van der Waals surface area contributed by atoms with E-state index in [1.165, 1.54) is 12.1 Å². The van der Waals surface area contributed by atoms with Crippen LogP contribution in [0.2, 0.25) is 0 Å². The van der Waals surface area contributed by atoms with Gasteiger partial charge in [0.05, 0.1) is 12.2 Å². The van der Waals surface area contributed by atoms with Crippen molar-refractivity contribution in [1.29, 1.82) is 0 Å². The molecule has 3 heterocycles. The van der Waals surface area contributed by atoms with Gasteiger partial charge in [0.15, 0.2) is 0 Å². The molecule has 1 aromatic carbocycles. The third-order valence-corrected chi connectivity index (χ3v) is 5.02. The molecule has 0 unspecified atom stereocenters. The smallest absolute Gasteiger partial charge is 0.238 e. The summed E-state index contributed by atoms with van der Waals surface area (Å²) in [6.07, 6.45) is 5.67. The minimum atomic E-state index is -0.317. The van der Waals surface area contributed by atoms with Gasteiger partial charge in [0, 0.05) is 41.8 Å². The number of carbonyl (C=O) groups excluding carboxylic acids is 1. The Morgan fingerprint density at radius 2 is 2.07 bits per heavy atom. The highest BCUT2D eigenvalue weighted by atomic mass is 19.1. The van der Waals surface area contributed by atoms with E-state index in [-0.39, 0.29) is 11.7 Å². The van der Waals surface area contributed by atoms with Gasteiger partial charge >= 0.3 is 0 Å². The van der Waals surface area contributed by atoms with Crippen molar-refractivity contribution < 1.29 is 9.18 Å². The van der Waals surface area contributed by atoms with Crippen molar-refractivity contribution in [2.45, 2.75) is 18.8 Å². The fraction of sp³-hybridized carbons (Fsp3) is 0.286. The molecule has 0 spiro atoms. The van der Waals surface area contributed by atoms with Gasteiger partial charge in [-0.25, -0.2) is 4.39 Å². The molecule has 0 aliphatic carbocycles. The Bertz CT molecular complexity index is 909. The van der Waals surface area contributed by atoms with Crippen LogP contribution in [0.25, 0.3) is 11.3 Å². The highest BCUT2D eigenvalue weighted by Gasteiger charge is 2.23. The number of likely N-dealkylation sites (tertiary alicyclic amines) is 1. The largest absolute Gasteiger partial charge is 0.325 e. The highest BCUT2D eigenvalue weighted by Crippen LogP contribution is 2.26. The van der Waals surface area contributed by atoms with Gasteiger partial charge in [0.25, 0.3) is 0 Å². The van der Waals surface area contributed by atoms with Crippen LogP contribution in [-0.4, -0.2) is 45.6 Å². The number of H-pyrrole nitrogens is 1. The molecule has 0 radical (unpaired) electrons. The first kappa shape index (κ1) is 18.3.